The Morgan fingerprint density at radius 3 is 2.67 bits per heavy atom. The van der Waals surface area contributed by atoms with Gasteiger partial charge >= 0.3 is 0 Å². The highest BCUT2D eigenvalue weighted by Crippen LogP contribution is 2.27. The van der Waals surface area contributed by atoms with Gasteiger partial charge in [0.2, 0.25) is 0 Å². The molecule has 0 saturated heterocycles. The Balaban J connectivity index is 2.39. The van der Waals surface area contributed by atoms with Crippen molar-refractivity contribution in [3.63, 3.8) is 0 Å². The molecule has 0 fully saturated rings. The summed E-state index contributed by atoms with van der Waals surface area (Å²) < 4.78 is 0. The zero-order chi connectivity index (χ0) is 15.4. The van der Waals surface area contributed by atoms with Crippen molar-refractivity contribution in [1.29, 1.82) is 0 Å². The Bertz CT molecular complexity index is 581. The molecule has 0 saturated carbocycles. The van der Waals surface area contributed by atoms with Crippen molar-refractivity contribution in [2.75, 3.05) is 4.90 Å². The molecule has 0 N–H and O–H groups in total. The van der Waals surface area contributed by atoms with Crippen LogP contribution < -0.4 is 4.90 Å². The third-order valence-electron chi connectivity index (χ3n) is 3.38. The minimum atomic E-state index is 0.353. The van der Waals surface area contributed by atoms with E-state index in [9.17, 15) is 0 Å². The highest BCUT2D eigenvalue weighted by Gasteiger charge is 2.19. The lowest BCUT2D eigenvalue weighted by molar-refractivity contribution is 0.667. The van der Waals surface area contributed by atoms with E-state index in [0.717, 1.165) is 36.6 Å². The standard InChI is InChI=1S/C16H22ClN3S/c1-5-7-14-18-15(17)12(4)16(19-14)20(11(2)3)10-13-8-6-9-21-13/h6,8-9,11H,5,7,10H2,1-4H3. The number of anilines is 1. The summed E-state index contributed by atoms with van der Waals surface area (Å²) in [5.74, 6) is 1.79. The SMILES string of the molecule is CCCc1nc(Cl)c(C)c(N(Cc2cccs2)C(C)C)n1. The second kappa shape index (κ2) is 7.23. The van der Waals surface area contributed by atoms with Crippen LogP contribution in [-0.2, 0) is 13.0 Å². The molecule has 0 aliphatic heterocycles. The molecule has 0 unspecified atom stereocenters. The monoisotopic (exact) mass is 323 g/mol. The van der Waals surface area contributed by atoms with Crippen molar-refractivity contribution < 1.29 is 0 Å². The zero-order valence-electron chi connectivity index (χ0n) is 13.1. The topological polar surface area (TPSA) is 29.0 Å². The van der Waals surface area contributed by atoms with Gasteiger partial charge in [-0.25, -0.2) is 9.97 Å². The van der Waals surface area contributed by atoms with Crippen LogP contribution in [0.4, 0.5) is 5.82 Å². The predicted octanol–water partition coefficient (Wildman–Crippen LogP) is 4.87. The number of rotatable bonds is 6. The van der Waals surface area contributed by atoms with E-state index in [1.54, 1.807) is 11.3 Å². The van der Waals surface area contributed by atoms with Crippen molar-refractivity contribution >= 4 is 28.8 Å². The second-order valence-electron chi connectivity index (χ2n) is 5.43. The molecule has 0 aliphatic carbocycles. The lowest BCUT2D eigenvalue weighted by Gasteiger charge is -2.29. The number of aryl methyl sites for hydroxylation is 1. The third kappa shape index (κ3) is 3.95. The minimum Gasteiger partial charge on any atom is -0.349 e. The van der Waals surface area contributed by atoms with Crippen LogP contribution in [0.15, 0.2) is 17.5 Å². The van der Waals surface area contributed by atoms with Gasteiger partial charge in [-0.2, -0.15) is 0 Å². The predicted molar refractivity (Wildman–Crippen MR) is 91.4 cm³/mol. The summed E-state index contributed by atoms with van der Waals surface area (Å²) in [5, 5.41) is 2.68. The molecule has 0 aromatic carbocycles. The first-order valence-corrected chi connectivity index (χ1v) is 8.60. The molecule has 0 amide bonds. The van der Waals surface area contributed by atoms with E-state index in [1.165, 1.54) is 4.88 Å². The molecule has 0 bridgehead atoms. The fraction of sp³-hybridized carbons (Fsp3) is 0.500. The first-order chi connectivity index (χ1) is 10.0. The average molecular weight is 324 g/mol. The van der Waals surface area contributed by atoms with Crippen molar-refractivity contribution in [2.24, 2.45) is 0 Å². The van der Waals surface area contributed by atoms with Crippen molar-refractivity contribution in [1.82, 2.24) is 9.97 Å². The van der Waals surface area contributed by atoms with Gasteiger partial charge in [0.15, 0.2) is 0 Å². The maximum absolute atomic E-state index is 6.31. The molecule has 0 atom stereocenters. The number of nitrogens with zero attached hydrogens (tertiary/aromatic N) is 3. The Kier molecular flexibility index (Phi) is 5.59. The highest BCUT2D eigenvalue weighted by molar-refractivity contribution is 7.09. The summed E-state index contributed by atoms with van der Waals surface area (Å²) in [6.07, 6.45) is 1.88. The van der Waals surface area contributed by atoms with Crippen LogP contribution in [0.3, 0.4) is 0 Å². The molecular weight excluding hydrogens is 302 g/mol. The Morgan fingerprint density at radius 1 is 1.33 bits per heavy atom. The number of thiophene rings is 1. The molecule has 2 aromatic rings. The van der Waals surface area contributed by atoms with E-state index in [-0.39, 0.29) is 0 Å². The largest absolute Gasteiger partial charge is 0.349 e. The fourth-order valence-electron chi connectivity index (χ4n) is 2.21. The maximum Gasteiger partial charge on any atom is 0.137 e. The summed E-state index contributed by atoms with van der Waals surface area (Å²) >= 11 is 8.08. The van der Waals surface area contributed by atoms with E-state index in [1.807, 2.05) is 6.92 Å². The molecule has 0 spiro atoms. The van der Waals surface area contributed by atoms with Gasteiger partial charge in [0.05, 0.1) is 6.54 Å². The average Bonchev–Trinajstić information content (AvgIpc) is 2.93. The minimum absolute atomic E-state index is 0.353. The maximum atomic E-state index is 6.31. The van der Waals surface area contributed by atoms with Crippen LogP contribution in [0.5, 0.6) is 0 Å². The van der Waals surface area contributed by atoms with E-state index in [2.05, 4.69) is 48.2 Å². The van der Waals surface area contributed by atoms with E-state index in [4.69, 9.17) is 16.6 Å². The van der Waals surface area contributed by atoms with Gasteiger partial charge in [-0.05, 0) is 38.6 Å². The summed E-state index contributed by atoms with van der Waals surface area (Å²) in [4.78, 5) is 12.8. The third-order valence-corrected chi connectivity index (χ3v) is 4.61. The van der Waals surface area contributed by atoms with Crippen molar-refractivity contribution in [2.45, 2.75) is 53.1 Å². The van der Waals surface area contributed by atoms with Gasteiger partial charge in [-0.15, -0.1) is 11.3 Å². The van der Waals surface area contributed by atoms with Gasteiger partial charge in [0, 0.05) is 22.9 Å². The number of halogens is 1. The summed E-state index contributed by atoms with van der Waals surface area (Å²) in [5.41, 5.74) is 0.960. The Morgan fingerprint density at radius 2 is 2.10 bits per heavy atom. The van der Waals surface area contributed by atoms with Crippen molar-refractivity contribution in [3.8, 4) is 0 Å². The molecule has 0 aliphatic rings. The van der Waals surface area contributed by atoms with Gasteiger partial charge in [-0.3, -0.25) is 0 Å². The molecule has 2 rings (SSSR count). The molecule has 21 heavy (non-hydrogen) atoms. The van der Waals surface area contributed by atoms with E-state index in [0.29, 0.717) is 11.2 Å². The van der Waals surface area contributed by atoms with Crippen LogP contribution in [0.2, 0.25) is 5.15 Å². The number of aromatic nitrogens is 2. The lowest BCUT2D eigenvalue weighted by atomic mass is 10.2. The quantitative estimate of drug-likeness (QED) is 0.710. The Hall–Kier alpha value is -1.13. The van der Waals surface area contributed by atoms with E-state index >= 15 is 0 Å². The molecular formula is C16H22ClN3S. The zero-order valence-corrected chi connectivity index (χ0v) is 14.6. The van der Waals surface area contributed by atoms with Gasteiger partial charge in [0.25, 0.3) is 0 Å². The smallest absolute Gasteiger partial charge is 0.137 e. The van der Waals surface area contributed by atoms with Crippen LogP contribution in [0, 0.1) is 6.92 Å². The molecule has 2 heterocycles. The second-order valence-corrected chi connectivity index (χ2v) is 6.82. The fourth-order valence-corrected chi connectivity index (χ4v) is 3.09. The van der Waals surface area contributed by atoms with Gasteiger partial charge in [-0.1, -0.05) is 24.6 Å². The molecule has 3 nitrogen and oxygen atoms in total. The number of hydrogen-bond acceptors (Lipinski definition) is 4. The van der Waals surface area contributed by atoms with Crippen LogP contribution in [-0.4, -0.2) is 16.0 Å². The normalized spacial score (nSPS) is 11.1. The van der Waals surface area contributed by atoms with E-state index < -0.39 is 0 Å². The summed E-state index contributed by atoms with van der Waals surface area (Å²) in [6.45, 7) is 9.35. The molecule has 2 aromatic heterocycles. The van der Waals surface area contributed by atoms with Crippen LogP contribution in [0.1, 0.15) is 43.5 Å². The molecule has 5 heteroatoms. The summed E-state index contributed by atoms with van der Waals surface area (Å²) in [7, 11) is 0. The van der Waals surface area contributed by atoms with Crippen LogP contribution >= 0.6 is 22.9 Å². The first kappa shape index (κ1) is 16.2. The molecule has 114 valence electrons. The molecule has 0 radical (unpaired) electrons. The summed E-state index contributed by atoms with van der Waals surface area (Å²) in [6, 6.07) is 4.60. The van der Waals surface area contributed by atoms with Gasteiger partial charge in [0.1, 0.15) is 16.8 Å². The Labute approximate surface area is 136 Å². The van der Waals surface area contributed by atoms with Crippen molar-refractivity contribution in [3.05, 3.63) is 38.9 Å². The highest BCUT2D eigenvalue weighted by atomic mass is 35.5. The lowest BCUT2D eigenvalue weighted by Crippen LogP contribution is -2.31. The van der Waals surface area contributed by atoms with Gasteiger partial charge < -0.3 is 4.90 Å². The number of hydrogen-bond donors (Lipinski definition) is 0. The van der Waals surface area contributed by atoms with Crippen LogP contribution in [0.25, 0.3) is 0 Å². The first-order valence-electron chi connectivity index (χ1n) is 7.35.